The summed E-state index contributed by atoms with van der Waals surface area (Å²) in [5.74, 6) is 0.921. The third-order valence-corrected chi connectivity index (χ3v) is 4.54. The highest BCUT2D eigenvalue weighted by atomic mass is 79.9. The number of halogens is 1. The molecule has 1 fully saturated rings. The monoisotopic (exact) mass is 323 g/mol. The Morgan fingerprint density at radius 3 is 2.68 bits per heavy atom. The number of benzene rings is 1. The van der Waals surface area contributed by atoms with Crippen LogP contribution >= 0.6 is 15.9 Å². The molecule has 2 nitrogen and oxygen atoms in total. The van der Waals surface area contributed by atoms with Crippen molar-refractivity contribution in [1.29, 1.82) is 0 Å². The zero-order chi connectivity index (χ0) is 13.5. The number of hydrogen-bond acceptors (Lipinski definition) is 1. The molecular formula is C16H22BrNO. The largest absolute Gasteiger partial charge is 0.326 e. The fraction of sp³-hybridized carbons (Fsp3) is 0.562. The Kier molecular flexibility index (Phi) is 5.90. The summed E-state index contributed by atoms with van der Waals surface area (Å²) in [7, 11) is 0. The van der Waals surface area contributed by atoms with Crippen molar-refractivity contribution >= 4 is 27.5 Å². The summed E-state index contributed by atoms with van der Waals surface area (Å²) in [4.78, 5) is 12.0. The van der Waals surface area contributed by atoms with Crippen molar-refractivity contribution in [2.75, 3.05) is 5.32 Å². The number of carbonyl (C=O) groups excluding carboxylic acids is 1. The van der Waals surface area contributed by atoms with Gasteiger partial charge in [-0.25, -0.2) is 0 Å². The van der Waals surface area contributed by atoms with Crippen LogP contribution in [0.5, 0.6) is 0 Å². The van der Waals surface area contributed by atoms with E-state index in [0.717, 1.165) is 28.9 Å². The lowest BCUT2D eigenvalue weighted by Crippen LogP contribution is -2.15. The average molecular weight is 324 g/mol. The lowest BCUT2D eigenvalue weighted by atomic mass is 9.86. The third kappa shape index (κ3) is 4.64. The maximum absolute atomic E-state index is 12.0. The van der Waals surface area contributed by atoms with Gasteiger partial charge in [0.2, 0.25) is 5.91 Å². The van der Waals surface area contributed by atoms with E-state index in [0.29, 0.717) is 6.42 Å². The second-order valence-corrected chi connectivity index (χ2v) is 5.94. The summed E-state index contributed by atoms with van der Waals surface area (Å²) in [6.07, 6.45) is 8.39. The van der Waals surface area contributed by atoms with Gasteiger partial charge in [-0.05, 0) is 24.0 Å². The van der Waals surface area contributed by atoms with Crippen molar-refractivity contribution in [3.8, 4) is 0 Å². The van der Waals surface area contributed by atoms with Gasteiger partial charge in [-0.2, -0.15) is 0 Å². The summed E-state index contributed by atoms with van der Waals surface area (Å²) in [6, 6.07) is 7.96. The van der Waals surface area contributed by atoms with Crippen molar-refractivity contribution < 1.29 is 4.79 Å². The van der Waals surface area contributed by atoms with E-state index < -0.39 is 0 Å². The minimum absolute atomic E-state index is 0.152. The van der Waals surface area contributed by atoms with E-state index in [1.807, 2.05) is 24.3 Å². The average Bonchev–Trinajstić information content (AvgIpc) is 2.47. The smallest absolute Gasteiger partial charge is 0.224 e. The van der Waals surface area contributed by atoms with Gasteiger partial charge in [-0.3, -0.25) is 4.79 Å². The van der Waals surface area contributed by atoms with Crippen molar-refractivity contribution in [1.82, 2.24) is 0 Å². The molecule has 0 aromatic heterocycles. The van der Waals surface area contributed by atoms with Crippen LogP contribution in [0.25, 0.3) is 0 Å². The first kappa shape index (κ1) is 14.6. The molecule has 3 heteroatoms. The summed E-state index contributed by atoms with van der Waals surface area (Å²) >= 11 is 3.45. The number of rotatable bonds is 5. The molecule has 1 N–H and O–H groups in total. The molecule has 19 heavy (non-hydrogen) atoms. The molecular weight excluding hydrogens is 302 g/mol. The molecule has 0 bridgehead atoms. The van der Waals surface area contributed by atoms with Gasteiger partial charge >= 0.3 is 0 Å². The first-order valence-electron chi connectivity index (χ1n) is 7.23. The van der Waals surface area contributed by atoms with Crippen molar-refractivity contribution in [3.05, 3.63) is 29.8 Å². The number of carbonyl (C=O) groups is 1. The van der Waals surface area contributed by atoms with E-state index in [9.17, 15) is 4.79 Å². The summed E-state index contributed by atoms with van der Waals surface area (Å²) in [6.45, 7) is 0. The van der Waals surface area contributed by atoms with Crippen LogP contribution in [0.1, 0.15) is 50.5 Å². The number of para-hydroxylation sites is 1. The second kappa shape index (κ2) is 7.68. The highest BCUT2D eigenvalue weighted by molar-refractivity contribution is 9.08. The van der Waals surface area contributed by atoms with E-state index in [-0.39, 0.29) is 5.91 Å². The SMILES string of the molecule is O=C(CCC1CCCCC1)Nc1ccccc1CBr. The Morgan fingerprint density at radius 2 is 1.95 bits per heavy atom. The molecule has 1 saturated carbocycles. The molecule has 0 aliphatic heterocycles. The molecule has 1 aliphatic carbocycles. The van der Waals surface area contributed by atoms with Gasteiger partial charge in [0.25, 0.3) is 0 Å². The molecule has 0 unspecified atom stereocenters. The van der Waals surface area contributed by atoms with Crippen LogP contribution in [0.2, 0.25) is 0 Å². The van der Waals surface area contributed by atoms with Gasteiger partial charge in [-0.1, -0.05) is 66.2 Å². The number of alkyl halides is 1. The highest BCUT2D eigenvalue weighted by Crippen LogP contribution is 2.27. The predicted molar refractivity (Wildman–Crippen MR) is 83.5 cm³/mol. The van der Waals surface area contributed by atoms with Crippen LogP contribution in [-0.4, -0.2) is 5.91 Å². The maximum Gasteiger partial charge on any atom is 0.224 e. The molecule has 0 radical (unpaired) electrons. The molecule has 0 atom stereocenters. The Balaban J connectivity index is 1.80. The minimum Gasteiger partial charge on any atom is -0.326 e. The van der Waals surface area contributed by atoms with Crippen molar-refractivity contribution in [2.45, 2.75) is 50.3 Å². The van der Waals surface area contributed by atoms with E-state index in [1.54, 1.807) is 0 Å². The van der Waals surface area contributed by atoms with E-state index in [4.69, 9.17) is 0 Å². The Bertz CT molecular complexity index is 413. The van der Waals surface area contributed by atoms with Crippen molar-refractivity contribution in [3.63, 3.8) is 0 Å². The standard InChI is InChI=1S/C16H22BrNO/c17-12-14-8-4-5-9-15(14)18-16(19)11-10-13-6-2-1-3-7-13/h4-5,8-9,13H,1-3,6-7,10-12H2,(H,18,19). The molecule has 104 valence electrons. The number of nitrogens with one attached hydrogen (secondary N) is 1. The first-order chi connectivity index (χ1) is 9.29. The van der Waals surface area contributed by atoms with Crippen LogP contribution < -0.4 is 5.32 Å². The van der Waals surface area contributed by atoms with Gasteiger partial charge in [0, 0.05) is 17.4 Å². The minimum atomic E-state index is 0.152. The number of anilines is 1. The number of amides is 1. The fourth-order valence-electron chi connectivity index (χ4n) is 2.78. The maximum atomic E-state index is 12.0. The summed E-state index contributed by atoms with van der Waals surface area (Å²) < 4.78 is 0. The van der Waals surface area contributed by atoms with Crippen LogP contribution in [0, 0.1) is 5.92 Å². The van der Waals surface area contributed by atoms with E-state index in [1.165, 1.54) is 32.1 Å². The molecule has 2 rings (SSSR count). The van der Waals surface area contributed by atoms with E-state index in [2.05, 4.69) is 21.2 Å². The third-order valence-electron chi connectivity index (χ3n) is 3.94. The molecule has 1 aromatic carbocycles. The molecule has 1 aliphatic rings. The van der Waals surface area contributed by atoms with Crippen LogP contribution in [-0.2, 0) is 10.1 Å². The highest BCUT2D eigenvalue weighted by Gasteiger charge is 2.15. The second-order valence-electron chi connectivity index (χ2n) is 5.38. The van der Waals surface area contributed by atoms with Gasteiger partial charge in [0.15, 0.2) is 0 Å². The quantitative estimate of drug-likeness (QED) is 0.768. The predicted octanol–water partition coefficient (Wildman–Crippen LogP) is 4.88. The Labute approximate surface area is 124 Å². The van der Waals surface area contributed by atoms with Crippen molar-refractivity contribution in [2.24, 2.45) is 5.92 Å². The Hall–Kier alpha value is -0.830. The van der Waals surface area contributed by atoms with Crippen LogP contribution in [0.15, 0.2) is 24.3 Å². The number of hydrogen-bond donors (Lipinski definition) is 1. The molecule has 0 heterocycles. The topological polar surface area (TPSA) is 29.1 Å². The lowest BCUT2D eigenvalue weighted by Gasteiger charge is -2.21. The van der Waals surface area contributed by atoms with Gasteiger partial charge in [0.05, 0.1) is 0 Å². The normalized spacial score (nSPS) is 16.3. The van der Waals surface area contributed by atoms with Crippen LogP contribution in [0.3, 0.4) is 0 Å². The molecule has 1 aromatic rings. The van der Waals surface area contributed by atoms with Crippen LogP contribution in [0.4, 0.5) is 5.69 Å². The molecule has 0 spiro atoms. The van der Waals surface area contributed by atoms with Gasteiger partial charge in [0.1, 0.15) is 0 Å². The molecule has 1 amide bonds. The van der Waals surface area contributed by atoms with Gasteiger partial charge < -0.3 is 5.32 Å². The first-order valence-corrected chi connectivity index (χ1v) is 8.35. The lowest BCUT2D eigenvalue weighted by molar-refractivity contribution is -0.116. The van der Waals surface area contributed by atoms with Gasteiger partial charge in [-0.15, -0.1) is 0 Å². The van der Waals surface area contributed by atoms with E-state index >= 15 is 0 Å². The molecule has 0 saturated heterocycles. The summed E-state index contributed by atoms with van der Waals surface area (Å²) in [5.41, 5.74) is 2.07. The zero-order valence-electron chi connectivity index (χ0n) is 11.3. The summed E-state index contributed by atoms with van der Waals surface area (Å²) in [5, 5.41) is 3.80. The fourth-order valence-corrected chi connectivity index (χ4v) is 3.27. The zero-order valence-corrected chi connectivity index (χ0v) is 12.9. The Morgan fingerprint density at radius 1 is 1.21 bits per heavy atom.